The average Bonchev–Trinajstić information content (AvgIpc) is 2.84. The van der Waals surface area contributed by atoms with Crippen LogP contribution in [0.5, 0.6) is 0 Å². The van der Waals surface area contributed by atoms with Crippen LogP contribution in [0.4, 0.5) is 0 Å². The standard InChI is InChI=1S/C18H13Cl2NO4/c19-12-6-5-11(15(20)9-12)10-25-16(22)7-8-21-17(23)13-3-1-2-4-14(13)18(21)24/h1-6,9H,7-8,10H2. The molecule has 0 unspecified atom stereocenters. The Balaban J connectivity index is 1.55. The Morgan fingerprint density at radius 3 is 2.24 bits per heavy atom. The number of esters is 1. The highest BCUT2D eigenvalue weighted by Crippen LogP contribution is 2.23. The van der Waals surface area contributed by atoms with Crippen molar-refractivity contribution in [2.45, 2.75) is 13.0 Å². The fourth-order valence-electron chi connectivity index (χ4n) is 2.51. The third-order valence-corrected chi connectivity index (χ3v) is 4.41. The Kier molecular flexibility index (Phi) is 5.06. The lowest BCUT2D eigenvalue weighted by atomic mass is 10.1. The first-order valence-electron chi connectivity index (χ1n) is 7.52. The lowest BCUT2D eigenvalue weighted by molar-refractivity contribution is -0.145. The number of hydrogen-bond donors (Lipinski definition) is 0. The lowest BCUT2D eigenvalue weighted by Gasteiger charge is -2.13. The number of amides is 2. The van der Waals surface area contributed by atoms with Crippen LogP contribution in [-0.4, -0.2) is 29.2 Å². The van der Waals surface area contributed by atoms with Crippen molar-refractivity contribution in [1.29, 1.82) is 0 Å². The van der Waals surface area contributed by atoms with E-state index >= 15 is 0 Å². The SMILES string of the molecule is O=C(CCN1C(=O)c2ccccc2C1=O)OCc1ccc(Cl)cc1Cl. The van der Waals surface area contributed by atoms with E-state index in [0.717, 1.165) is 4.90 Å². The second kappa shape index (κ2) is 7.25. The number of fused-ring (bicyclic) bond motifs is 1. The quantitative estimate of drug-likeness (QED) is 0.588. The van der Waals surface area contributed by atoms with Gasteiger partial charge in [-0.2, -0.15) is 0 Å². The summed E-state index contributed by atoms with van der Waals surface area (Å²) in [6.45, 7) is -0.0313. The van der Waals surface area contributed by atoms with Crippen LogP contribution in [0.3, 0.4) is 0 Å². The fourth-order valence-corrected chi connectivity index (χ4v) is 2.98. The van der Waals surface area contributed by atoms with E-state index in [1.54, 1.807) is 42.5 Å². The molecule has 7 heteroatoms. The van der Waals surface area contributed by atoms with E-state index < -0.39 is 17.8 Å². The van der Waals surface area contributed by atoms with Crippen LogP contribution >= 0.6 is 23.2 Å². The average molecular weight is 378 g/mol. The molecule has 0 aliphatic carbocycles. The topological polar surface area (TPSA) is 63.7 Å². The second-order valence-electron chi connectivity index (χ2n) is 5.45. The van der Waals surface area contributed by atoms with E-state index in [0.29, 0.717) is 26.7 Å². The molecule has 1 aliphatic rings. The van der Waals surface area contributed by atoms with Gasteiger partial charge in [0.2, 0.25) is 0 Å². The first kappa shape index (κ1) is 17.5. The number of nitrogens with zero attached hydrogens (tertiary/aromatic N) is 1. The number of benzene rings is 2. The second-order valence-corrected chi connectivity index (χ2v) is 6.30. The van der Waals surface area contributed by atoms with Crippen LogP contribution in [0.25, 0.3) is 0 Å². The van der Waals surface area contributed by atoms with Gasteiger partial charge in [0.05, 0.1) is 17.5 Å². The summed E-state index contributed by atoms with van der Waals surface area (Å²) in [5.41, 5.74) is 1.34. The molecule has 25 heavy (non-hydrogen) atoms. The van der Waals surface area contributed by atoms with E-state index in [1.807, 2.05) is 0 Å². The van der Waals surface area contributed by atoms with Crippen molar-refractivity contribution in [1.82, 2.24) is 4.90 Å². The first-order chi connectivity index (χ1) is 12.0. The van der Waals surface area contributed by atoms with Crippen LogP contribution in [0.2, 0.25) is 10.0 Å². The molecule has 0 fully saturated rings. The zero-order valence-electron chi connectivity index (χ0n) is 13.0. The van der Waals surface area contributed by atoms with Crippen molar-refractivity contribution >= 4 is 41.0 Å². The first-order valence-corrected chi connectivity index (χ1v) is 8.27. The van der Waals surface area contributed by atoms with E-state index in [1.165, 1.54) is 0 Å². The smallest absolute Gasteiger partial charge is 0.307 e. The number of hydrogen-bond acceptors (Lipinski definition) is 4. The van der Waals surface area contributed by atoms with Gasteiger partial charge < -0.3 is 4.74 Å². The maximum atomic E-state index is 12.2. The van der Waals surface area contributed by atoms with Gasteiger partial charge in [0, 0.05) is 22.2 Å². The predicted molar refractivity (Wildman–Crippen MR) is 92.7 cm³/mol. The molecule has 2 aromatic rings. The molecule has 0 aromatic heterocycles. The summed E-state index contributed by atoms with van der Waals surface area (Å²) in [4.78, 5) is 37.4. The molecule has 0 radical (unpaired) electrons. The summed E-state index contributed by atoms with van der Waals surface area (Å²) in [6.07, 6.45) is -0.0866. The molecule has 0 N–H and O–H groups in total. The molecule has 2 amide bonds. The number of rotatable bonds is 5. The van der Waals surface area contributed by atoms with Gasteiger partial charge in [-0.1, -0.05) is 41.4 Å². The Morgan fingerprint density at radius 2 is 1.64 bits per heavy atom. The highest BCUT2D eigenvalue weighted by molar-refractivity contribution is 6.35. The summed E-state index contributed by atoms with van der Waals surface area (Å²) in [5, 5.41) is 0.895. The van der Waals surface area contributed by atoms with Crippen molar-refractivity contribution in [2.24, 2.45) is 0 Å². The number of imide groups is 1. The fraction of sp³-hybridized carbons (Fsp3) is 0.167. The Labute approximate surface area is 154 Å². The number of halogens is 2. The molecular weight excluding hydrogens is 365 g/mol. The van der Waals surface area contributed by atoms with E-state index in [-0.39, 0.29) is 19.6 Å². The summed E-state index contributed by atoms with van der Waals surface area (Å²) >= 11 is 11.8. The van der Waals surface area contributed by atoms with Gasteiger partial charge in [0.1, 0.15) is 6.61 Å². The van der Waals surface area contributed by atoms with E-state index in [9.17, 15) is 14.4 Å². The van der Waals surface area contributed by atoms with Crippen molar-refractivity contribution < 1.29 is 19.1 Å². The molecule has 0 atom stereocenters. The van der Waals surface area contributed by atoms with Gasteiger partial charge in [-0.25, -0.2) is 0 Å². The molecule has 128 valence electrons. The molecule has 0 spiro atoms. The monoisotopic (exact) mass is 377 g/mol. The van der Waals surface area contributed by atoms with Gasteiger partial charge in [-0.15, -0.1) is 0 Å². The largest absolute Gasteiger partial charge is 0.461 e. The lowest BCUT2D eigenvalue weighted by Crippen LogP contribution is -2.32. The molecule has 1 heterocycles. The van der Waals surface area contributed by atoms with Crippen LogP contribution in [0.1, 0.15) is 32.7 Å². The van der Waals surface area contributed by atoms with Crippen LogP contribution in [-0.2, 0) is 16.1 Å². The van der Waals surface area contributed by atoms with E-state index in [2.05, 4.69) is 0 Å². The summed E-state index contributed by atoms with van der Waals surface area (Å²) < 4.78 is 5.14. The number of carbonyl (C=O) groups excluding carboxylic acids is 3. The van der Waals surface area contributed by atoms with Gasteiger partial charge in [0.25, 0.3) is 11.8 Å². The van der Waals surface area contributed by atoms with Crippen LogP contribution in [0.15, 0.2) is 42.5 Å². The van der Waals surface area contributed by atoms with E-state index in [4.69, 9.17) is 27.9 Å². The molecular formula is C18H13Cl2NO4. The minimum atomic E-state index is -0.525. The third-order valence-electron chi connectivity index (χ3n) is 3.82. The summed E-state index contributed by atoms with van der Waals surface area (Å²) in [5.74, 6) is -1.31. The van der Waals surface area contributed by atoms with Crippen LogP contribution < -0.4 is 0 Å². The predicted octanol–water partition coefficient (Wildman–Crippen LogP) is 3.72. The zero-order valence-corrected chi connectivity index (χ0v) is 14.5. The molecule has 2 aromatic carbocycles. The van der Waals surface area contributed by atoms with Gasteiger partial charge >= 0.3 is 5.97 Å². The highest BCUT2D eigenvalue weighted by atomic mass is 35.5. The maximum Gasteiger partial charge on any atom is 0.307 e. The molecule has 0 bridgehead atoms. The Morgan fingerprint density at radius 1 is 1.00 bits per heavy atom. The summed E-state index contributed by atoms with van der Waals surface area (Å²) in [7, 11) is 0. The zero-order chi connectivity index (χ0) is 18.0. The normalized spacial score (nSPS) is 13.1. The van der Waals surface area contributed by atoms with Gasteiger partial charge in [0.15, 0.2) is 0 Å². The summed E-state index contributed by atoms with van der Waals surface area (Å²) in [6, 6.07) is 11.4. The Bertz CT molecular complexity index is 831. The Hall–Kier alpha value is -2.37. The van der Waals surface area contributed by atoms with Crippen molar-refractivity contribution in [3.8, 4) is 0 Å². The molecule has 0 saturated heterocycles. The molecule has 0 saturated carbocycles. The number of ether oxygens (including phenoxy) is 1. The molecule has 3 rings (SSSR count). The van der Waals surface area contributed by atoms with Crippen LogP contribution in [0, 0.1) is 0 Å². The van der Waals surface area contributed by atoms with Crippen molar-refractivity contribution in [3.05, 3.63) is 69.2 Å². The molecule has 1 aliphatic heterocycles. The van der Waals surface area contributed by atoms with Crippen molar-refractivity contribution in [2.75, 3.05) is 6.54 Å². The van der Waals surface area contributed by atoms with Gasteiger partial charge in [-0.3, -0.25) is 19.3 Å². The number of carbonyl (C=O) groups is 3. The van der Waals surface area contributed by atoms with Gasteiger partial charge in [-0.05, 0) is 24.3 Å². The maximum absolute atomic E-state index is 12.2. The highest BCUT2D eigenvalue weighted by Gasteiger charge is 2.35. The van der Waals surface area contributed by atoms with Crippen molar-refractivity contribution in [3.63, 3.8) is 0 Å². The molecule has 5 nitrogen and oxygen atoms in total. The minimum Gasteiger partial charge on any atom is -0.461 e. The minimum absolute atomic E-state index is 0.00302. The third kappa shape index (κ3) is 3.67.